The van der Waals surface area contributed by atoms with Gasteiger partial charge in [0.25, 0.3) is 0 Å². The molecule has 0 radical (unpaired) electrons. The quantitative estimate of drug-likeness (QED) is 0.479. The molecule has 3 unspecified atom stereocenters. The molecular formula is C24H26FNO3S. The standard InChI is InChI=1S/C24H26FNO3S/c1-4-26(23-22(28-2)17-7-5-6-8-20(17)30-23)19-14-13-18(24(27)29-3)21(19)15-9-11-16(25)12-10-15/h5-12,18-19,21H,4,13-14H2,1-3H3. The SMILES string of the molecule is CCN(c1sc2ccccc2c1OC)C1CCC(C(=O)OC)C1c1ccc(F)cc1. The second-order valence-electron chi connectivity index (χ2n) is 7.57. The highest BCUT2D eigenvalue weighted by atomic mass is 32.1. The molecule has 4 rings (SSSR count). The number of thiophene rings is 1. The van der Waals surface area contributed by atoms with Crippen molar-refractivity contribution in [3.63, 3.8) is 0 Å². The van der Waals surface area contributed by atoms with Crippen molar-refractivity contribution in [1.82, 2.24) is 0 Å². The van der Waals surface area contributed by atoms with Gasteiger partial charge in [-0.2, -0.15) is 0 Å². The first-order valence-corrected chi connectivity index (χ1v) is 11.1. The topological polar surface area (TPSA) is 38.8 Å². The van der Waals surface area contributed by atoms with Gasteiger partial charge in [0.1, 0.15) is 10.8 Å². The monoisotopic (exact) mass is 427 g/mol. The van der Waals surface area contributed by atoms with Crippen molar-refractivity contribution in [3.05, 3.63) is 59.9 Å². The molecule has 3 aromatic rings. The Morgan fingerprint density at radius 1 is 1.13 bits per heavy atom. The van der Waals surface area contributed by atoms with Crippen LogP contribution in [0.25, 0.3) is 10.1 Å². The van der Waals surface area contributed by atoms with E-state index in [1.54, 1.807) is 30.6 Å². The molecule has 1 saturated carbocycles. The number of anilines is 1. The first kappa shape index (κ1) is 20.7. The van der Waals surface area contributed by atoms with Crippen molar-refractivity contribution in [2.24, 2.45) is 5.92 Å². The van der Waals surface area contributed by atoms with Crippen molar-refractivity contribution in [2.75, 3.05) is 25.7 Å². The third kappa shape index (κ3) is 3.54. The number of carbonyl (C=O) groups is 1. The Hall–Kier alpha value is -2.60. The predicted octanol–water partition coefficient (Wildman–Crippen LogP) is 5.61. The number of likely N-dealkylation sites (N-methyl/N-ethyl adjacent to an activating group) is 1. The number of hydrogen-bond acceptors (Lipinski definition) is 5. The summed E-state index contributed by atoms with van der Waals surface area (Å²) in [5, 5.41) is 2.17. The lowest BCUT2D eigenvalue weighted by atomic mass is 9.86. The third-order valence-electron chi connectivity index (χ3n) is 6.12. The van der Waals surface area contributed by atoms with Crippen LogP contribution in [0, 0.1) is 11.7 Å². The molecule has 1 aromatic heterocycles. The minimum atomic E-state index is -0.276. The normalized spacial score (nSPS) is 21.0. The molecular weight excluding hydrogens is 401 g/mol. The summed E-state index contributed by atoms with van der Waals surface area (Å²) in [5.74, 6) is 0.0669. The number of esters is 1. The molecule has 0 spiro atoms. The van der Waals surface area contributed by atoms with Crippen molar-refractivity contribution in [3.8, 4) is 5.75 Å². The second kappa shape index (κ2) is 8.64. The minimum Gasteiger partial charge on any atom is -0.493 e. The summed E-state index contributed by atoms with van der Waals surface area (Å²) in [6, 6.07) is 14.8. The third-order valence-corrected chi connectivity index (χ3v) is 7.31. The summed E-state index contributed by atoms with van der Waals surface area (Å²) in [5.41, 5.74) is 0.966. The number of carbonyl (C=O) groups excluding carboxylic acids is 1. The molecule has 158 valence electrons. The van der Waals surface area contributed by atoms with Gasteiger partial charge in [0.15, 0.2) is 5.75 Å². The Balaban J connectivity index is 1.79. The fraction of sp³-hybridized carbons (Fsp3) is 0.375. The van der Waals surface area contributed by atoms with Gasteiger partial charge in [0.05, 0.1) is 20.1 Å². The van der Waals surface area contributed by atoms with Crippen molar-refractivity contribution < 1.29 is 18.7 Å². The van der Waals surface area contributed by atoms with Gasteiger partial charge < -0.3 is 14.4 Å². The predicted molar refractivity (Wildman–Crippen MR) is 119 cm³/mol. The lowest BCUT2D eigenvalue weighted by molar-refractivity contribution is -0.145. The van der Waals surface area contributed by atoms with Crippen LogP contribution >= 0.6 is 11.3 Å². The number of halogens is 1. The average Bonchev–Trinajstić information content (AvgIpc) is 3.36. The zero-order chi connectivity index (χ0) is 21.3. The fourth-order valence-corrected chi connectivity index (χ4v) is 6.10. The van der Waals surface area contributed by atoms with E-state index in [4.69, 9.17) is 9.47 Å². The van der Waals surface area contributed by atoms with E-state index in [-0.39, 0.29) is 29.7 Å². The Kier molecular flexibility index (Phi) is 5.95. The fourth-order valence-electron chi connectivity index (χ4n) is 4.81. The smallest absolute Gasteiger partial charge is 0.309 e. The molecule has 2 aromatic carbocycles. The van der Waals surface area contributed by atoms with Crippen molar-refractivity contribution in [1.29, 1.82) is 0 Å². The molecule has 0 amide bonds. The molecule has 0 N–H and O–H groups in total. The van der Waals surface area contributed by atoms with E-state index in [9.17, 15) is 9.18 Å². The van der Waals surface area contributed by atoms with Gasteiger partial charge in [0, 0.05) is 28.6 Å². The van der Waals surface area contributed by atoms with Crippen LogP contribution < -0.4 is 9.64 Å². The van der Waals surface area contributed by atoms with Crippen LogP contribution in [0.15, 0.2) is 48.5 Å². The molecule has 1 heterocycles. The van der Waals surface area contributed by atoms with E-state index in [1.165, 1.54) is 23.9 Å². The maximum absolute atomic E-state index is 13.6. The Morgan fingerprint density at radius 3 is 2.53 bits per heavy atom. The van der Waals surface area contributed by atoms with E-state index in [0.29, 0.717) is 0 Å². The van der Waals surface area contributed by atoms with Gasteiger partial charge in [-0.05, 0) is 49.6 Å². The van der Waals surface area contributed by atoms with Crippen LogP contribution in [-0.2, 0) is 9.53 Å². The summed E-state index contributed by atoms with van der Waals surface area (Å²) < 4.78 is 25.7. The molecule has 0 bridgehead atoms. The first-order valence-electron chi connectivity index (χ1n) is 10.2. The highest BCUT2D eigenvalue weighted by molar-refractivity contribution is 7.23. The zero-order valence-electron chi connectivity index (χ0n) is 17.4. The van der Waals surface area contributed by atoms with E-state index in [1.807, 2.05) is 12.1 Å². The largest absolute Gasteiger partial charge is 0.493 e. The summed E-state index contributed by atoms with van der Waals surface area (Å²) >= 11 is 1.71. The van der Waals surface area contributed by atoms with E-state index in [2.05, 4.69) is 24.0 Å². The Labute approximate surface area is 180 Å². The van der Waals surface area contributed by atoms with E-state index in [0.717, 1.165) is 41.1 Å². The maximum atomic E-state index is 13.6. The lowest BCUT2D eigenvalue weighted by Gasteiger charge is -2.35. The number of fused-ring (bicyclic) bond motifs is 1. The highest BCUT2D eigenvalue weighted by Crippen LogP contribution is 2.50. The van der Waals surface area contributed by atoms with Gasteiger partial charge >= 0.3 is 5.97 Å². The van der Waals surface area contributed by atoms with Crippen LogP contribution in [0.4, 0.5) is 9.39 Å². The number of nitrogens with zero attached hydrogens (tertiary/aromatic N) is 1. The molecule has 3 atom stereocenters. The van der Waals surface area contributed by atoms with Gasteiger partial charge in [-0.25, -0.2) is 4.39 Å². The number of benzene rings is 2. The molecule has 1 fully saturated rings. The molecule has 0 saturated heterocycles. The van der Waals surface area contributed by atoms with Crippen LogP contribution in [-0.4, -0.2) is 32.8 Å². The molecule has 30 heavy (non-hydrogen) atoms. The van der Waals surface area contributed by atoms with Gasteiger partial charge in [0.2, 0.25) is 0 Å². The van der Waals surface area contributed by atoms with E-state index >= 15 is 0 Å². The Bertz CT molecular complexity index is 1030. The number of ether oxygens (including phenoxy) is 2. The maximum Gasteiger partial charge on any atom is 0.309 e. The molecule has 0 aliphatic heterocycles. The van der Waals surface area contributed by atoms with Crippen LogP contribution in [0.2, 0.25) is 0 Å². The highest BCUT2D eigenvalue weighted by Gasteiger charge is 2.45. The van der Waals surface area contributed by atoms with Gasteiger partial charge in [-0.3, -0.25) is 4.79 Å². The average molecular weight is 428 g/mol. The van der Waals surface area contributed by atoms with Crippen LogP contribution in [0.5, 0.6) is 5.75 Å². The molecule has 4 nitrogen and oxygen atoms in total. The van der Waals surface area contributed by atoms with E-state index < -0.39 is 0 Å². The molecule has 1 aliphatic carbocycles. The number of hydrogen-bond donors (Lipinski definition) is 0. The molecule has 6 heteroatoms. The second-order valence-corrected chi connectivity index (χ2v) is 8.60. The van der Waals surface area contributed by atoms with Gasteiger partial charge in [-0.15, -0.1) is 11.3 Å². The summed E-state index contributed by atoms with van der Waals surface area (Å²) in [6.07, 6.45) is 1.59. The summed E-state index contributed by atoms with van der Waals surface area (Å²) in [7, 11) is 3.14. The van der Waals surface area contributed by atoms with Crippen LogP contribution in [0.1, 0.15) is 31.2 Å². The number of methoxy groups -OCH3 is 2. The van der Waals surface area contributed by atoms with Crippen molar-refractivity contribution in [2.45, 2.75) is 31.7 Å². The van der Waals surface area contributed by atoms with Crippen LogP contribution in [0.3, 0.4) is 0 Å². The van der Waals surface area contributed by atoms with Crippen molar-refractivity contribution >= 4 is 32.4 Å². The zero-order valence-corrected chi connectivity index (χ0v) is 18.2. The van der Waals surface area contributed by atoms with Gasteiger partial charge in [-0.1, -0.05) is 24.3 Å². The first-order chi connectivity index (χ1) is 14.6. The minimum absolute atomic E-state index is 0.0760. The summed E-state index contributed by atoms with van der Waals surface area (Å²) in [4.78, 5) is 14.9. The lowest BCUT2D eigenvalue weighted by Crippen LogP contribution is -2.39. The Morgan fingerprint density at radius 2 is 1.87 bits per heavy atom. The number of rotatable bonds is 6. The summed E-state index contributed by atoms with van der Waals surface area (Å²) in [6.45, 7) is 2.90. The molecule has 1 aliphatic rings.